The van der Waals surface area contributed by atoms with Gasteiger partial charge in [-0.25, -0.2) is 8.42 Å². The van der Waals surface area contributed by atoms with E-state index in [9.17, 15) is 23.3 Å². The second-order valence-electron chi connectivity index (χ2n) is 7.05. The van der Waals surface area contributed by atoms with Crippen LogP contribution in [0.5, 0.6) is 0 Å². The van der Waals surface area contributed by atoms with Crippen molar-refractivity contribution in [1.29, 1.82) is 0 Å². The van der Waals surface area contributed by atoms with E-state index < -0.39 is 20.9 Å². The van der Waals surface area contributed by atoms with Crippen molar-refractivity contribution in [3.63, 3.8) is 0 Å². The lowest BCUT2D eigenvalue weighted by Crippen LogP contribution is -2.43. The van der Waals surface area contributed by atoms with E-state index in [4.69, 9.17) is 4.74 Å². The maximum Gasteiger partial charge on any atom is 0.283 e. The van der Waals surface area contributed by atoms with Crippen molar-refractivity contribution in [1.82, 2.24) is 9.62 Å². The van der Waals surface area contributed by atoms with E-state index in [2.05, 4.69) is 19.2 Å². The molecular formula is C18H27N3O6S2. The number of nitro groups is 1. The Bertz CT molecular complexity index is 823. The van der Waals surface area contributed by atoms with E-state index in [1.807, 2.05) is 0 Å². The number of morpholine rings is 1. The molecule has 1 aliphatic rings. The summed E-state index contributed by atoms with van der Waals surface area (Å²) in [6.45, 7) is 5.42. The number of nitro benzene ring substituents is 1. The molecule has 29 heavy (non-hydrogen) atoms. The van der Waals surface area contributed by atoms with Crippen LogP contribution in [-0.4, -0.2) is 67.9 Å². The van der Waals surface area contributed by atoms with Crippen LogP contribution in [0.25, 0.3) is 0 Å². The second-order valence-corrected chi connectivity index (χ2v) is 10.3. The molecule has 1 fully saturated rings. The van der Waals surface area contributed by atoms with Crippen LogP contribution < -0.4 is 5.32 Å². The van der Waals surface area contributed by atoms with Gasteiger partial charge in [-0.3, -0.25) is 14.9 Å². The van der Waals surface area contributed by atoms with Gasteiger partial charge in [-0.05, 0) is 30.2 Å². The first-order chi connectivity index (χ1) is 13.7. The first-order valence-corrected chi connectivity index (χ1v) is 12.0. The van der Waals surface area contributed by atoms with Gasteiger partial charge >= 0.3 is 0 Å². The number of carbonyl (C=O) groups excluding carboxylic acids is 1. The number of ether oxygens (including phenoxy) is 1. The Balaban J connectivity index is 1.95. The highest BCUT2D eigenvalue weighted by atomic mass is 32.2. The van der Waals surface area contributed by atoms with Gasteiger partial charge < -0.3 is 10.1 Å². The van der Waals surface area contributed by atoms with E-state index >= 15 is 0 Å². The monoisotopic (exact) mass is 445 g/mol. The summed E-state index contributed by atoms with van der Waals surface area (Å²) in [7, 11) is -3.48. The Morgan fingerprint density at radius 2 is 2.03 bits per heavy atom. The minimum Gasteiger partial charge on any atom is -0.379 e. The number of benzene rings is 1. The smallest absolute Gasteiger partial charge is 0.283 e. The maximum absolute atomic E-state index is 12.3. The molecule has 1 aromatic carbocycles. The van der Waals surface area contributed by atoms with Gasteiger partial charge in [0.05, 0.1) is 28.8 Å². The zero-order chi connectivity index (χ0) is 21.4. The fourth-order valence-electron chi connectivity index (χ4n) is 2.68. The van der Waals surface area contributed by atoms with E-state index in [-0.39, 0.29) is 23.5 Å². The van der Waals surface area contributed by atoms with E-state index in [0.717, 1.165) is 12.2 Å². The highest BCUT2D eigenvalue weighted by molar-refractivity contribution is 7.99. The molecule has 1 N–H and O–H groups in total. The molecule has 1 amide bonds. The molecule has 11 heteroatoms. The van der Waals surface area contributed by atoms with E-state index in [1.54, 1.807) is 6.07 Å². The quantitative estimate of drug-likeness (QED) is 0.333. The molecule has 0 aliphatic carbocycles. The van der Waals surface area contributed by atoms with Crippen LogP contribution in [0.1, 0.15) is 30.6 Å². The molecule has 1 aliphatic heterocycles. The Kier molecular flexibility index (Phi) is 8.87. The lowest BCUT2D eigenvalue weighted by molar-refractivity contribution is -0.387. The Morgan fingerprint density at radius 3 is 2.66 bits per heavy atom. The van der Waals surface area contributed by atoms with Crippen molar-refractivity contribution in [2.75, 3.05) is 44.4 Å². The van der Waals surface area contributed by atoms with Crippen LogP contribution in [-0.2, 0) is 14.8 Å². The van der Waals surface area contributed by atoms with Crippen LogP contribution in [0, 0.1) is 16.0 Å². The maximum atomic E-state index is 12.3. The number of hydrogen-bond donors (Lipinski definition) is 1. The number of thioether (sulfide) groups is 1. The number of carbonyl (C=O) groups is 1. The lowest BCUT2D eigenvalue weighted by atomic mass is 10.2. The molecule has 0 saturated carbocycles. The molecule has 162 valence electrons. The van der Waals surface area contributed by atoms with Crippen LogP contribution >= 0.6 is 11.8 Å². The van der Waals surface area contributed by atoms with Gasteiger partial charge in [0, 0.05) is 31.3 Å². The Morgan fingerprint density at radius 1 is 1.34 bits per heavy atom. The molecule has 9 nitrogen and oxygen atoms in total. The van der Waals surface area contributed by atoms with Crippen LogP contribution in [0.2, 0.25) is 0 Å². The van der Waals surface area contributed by atoms with Gasteiger partial charge in [0.1, 0.15) is 0 Å². The molecule has 0 aromatic heterocycles. The molecule has 1 aromatic rings. The number of sulfonamides is 1. The zero-order valence-corrected chi connectivity index (χ0v) is 18.3. The second kappa shape index (κ2) is 10.9. The highest BCUT2D eigenvalue weighted by Crippen LogP contribution is 2.31. The standard InChI is InChI=1S/C18H27N3O6S2/c1-14(2)5-11-28-17-4-3-15(13-16(17)21(23)24)18(22)19-6-12-29(25,26)20-7-9-27-10-8-20/h3-4,13-14H,5-12H2,1-2H3,(H,19,22). The minimum absolute atomic E-state index is 0.0722. The summed E-state index contributed by atoms with van der Waals surface area (Å²) in [6, 6.07) is 4.34. The largest absolute Gasteiger partial charge is 0.379 e. The van der Waals surface area contributed by atoms with Gasteiger partial charge in [-0.1, -0.05) is 13.8 Å². The average molecular weight is 446 g/mol. The topological polar surface area (TPSA) is 119 Å². The summed E-state index contributed by atoms with van der Waals surface area (Å²) in [5, 5.41) is 13.9. The first-order valence-electron chi connectivity index (χ1n) is 9.45. The number of rotatable bonds is 10. The van der Waals surface area contributed by atoms with Gasteiger partial charge in [-0.15, -0.1) is 11.8 Å². The van der Waals surface area contributed by atoms with Crippen molar-refractivity contribution in [2.24, 2.45) is 5.92 Å². The lowest BCUT2D eigenvalue weighted by Gasteiger charge is -2.26. The molecule has 1 heterocycles. The summed E-state index contributed by atoms with van der Waals surface area (Å²) in [6.07, 6.45) is 0.932. The van der Waals surface area contributed by atoms with Gasteiger partial charge in [0.25, 0.3) is 11.6 Å². The molecule has 0 bridgehead atoms. The summed E-state index contributed by atoms with van der Waals surface area (Å²) in [4.78, 5) is 23.7. The normalized spacial score (nSPS) is 15.4. The molecule has 0 spiro atoms. The number of nitrogens with zero attached hydrogens (tertiary/aromatic N) is 2. The fraction of sp³-hybridized carbons (Fsp3) is 0.611. The third-order valence-electron chi connectivity index (χ3n) is 4.38. The molecule has 1 saturated heterocycles. The summed E-state index contributed by atoms with van der Waals surface area (Å²) >= 11 is 1.39. The average Bonchev–Trinajstić information content (AvgIpc) is 2.68. The van der Waals surface area contributed by atoms with E-state index in [0.29, 0.717) is 37.1 Å². The van der Waals surface area contributed by atoms with Crippen LogP contribution in [0.15, 0.2) is 23.1 Å². The first kappa shape index (κ1) is 23.6. The number of amides is 1. The molecule has 2 rings (SSSR count). The van der Waals surface area contributed by atoms with Gasteiger partial charge in [0.15, 0.2) is 0 Å². The predicted octanol–water partition coefficient (Wildman–Crippen LogP) is 2.12. The number of hydrogen-bond acceptors (Lipinski definition) is 7. The highest BCUT2D eigenvalue weighted by Gasteiger charge is 2.24. The number of nitrogens with one attached hydrogen (secondary N) is 1. The Hall–Kier alpha value is -1.69. The SMILES string of the molecule is CC(C)CCSc1ccc(C(=O)NCCS(=O)(=O)N2CCOCC2)cc1[N+](=O)[O-]. The summed E-state index contributed by atoms with van der Waals surface area (Å²) < 4.78 is 31.0. The molecule has 0 radical (unpaired) electrons. The van der Waals surface area contributed by atoms with Crippen molar-refractivity contribution >= 4 is 33.4 Å². The summed E-state index contributed by atoms with van der Waals surface area (Å²) in [5.74, 6) is 0.484. The zero-order valence-electron chi connectivity index (χ0n) is 16.6. The van der Waals surface area contributed by atoms with Gasteiger partial charge in [0.2, 0.25) is 10.0 Å². The van der Waals surface area contributed by atoms with Crippen molar-refractivity contribution < 1.29 is 22.9 Å². The van der Waals surface area contributed by atoms with E-state index in [1.165, 1.54) is 28.2 Å². The summed E-state index contributed by atoms with van der Waals surface area (Å²) in [5.41, 5.74) is 0.0148. The van der Waals surface area contributed by atoms with Gasteiger partial charge in [-0.2, -0.15) is 4.31 Å². The third-order valence-corrected chi connectivity index (χ3v) is 7.35. The van der Waals surface area contributed by atoms with Crippen molar-refractivity contribution in [3.8, 4) is 0 Å². The fourth-order valence-corrected chi connectivity index (χ4v) is 5.26. The van der Waals surface area contributed by atoms with Crippen LogP contribution in [0.3, 0.4) is 0 Å². The molecule has 0 atom stereocenters. The Labute approximate surface area is 175 Å². The molecule has 0 unspecified atom stereocenters. The van der Waals surface area contributed by atoms with Crippen molar-refractivity contribution in [2.45, 2.75) is 25.2 Å². The van der Waals surface area contributed by atoms with Crippen molar-refractivity contribution in [3.05, 3.63) is 33.9 Å². The third kappa shape index (κ3) is 7.25. The molecular weight excluding hydrogens is 418 g/mol. The minimum atomic E-state index is -3.48. The predicted molar refractivity (Wildman–Crippen MR) is 112 cm³/mol. The van der Waals surface area contributed by atoms with Crippen LogP contribution in [0.4, 0.5) is 5.69 Å².